The first kappa shape index (κ1) is 15.3. The smallest absolute Gasteiger partial charge is 0.163 e. The minimum absolute atomic E-state index is 0.219. The van der Waals surface area contributed by atoms with Gasteiger partial charge in [-0.05, 0) is 52.9 Å². The molecule has 106 valence electrons. The van der Waals surface area contributed by atoms with Crippen LogP contribution in [-0.2, 0) is 0 Å². The van der Waals surface area contributed by atoms with Crippen LogP contribution in [0.3, 0.4) is 0 Å². The first-order valence-electron chi connectivity index (χ1n) is 6.16. The zero-order valence-electron chi connectivity index (χ0n) is 10.8. The highest BCUT2D eigenvalue weighted by Gasteiger charge is 2.21. The molecular weight excluding hydrogens is 378 g/mol. The molecule has 1 atom stereocenters. The Morgan fingerprint density at radius 2 is 1.85 bits per heavy atom. The van der Waals surface area contributed by atoms with Crippen LogP contribution in [0.15, 0.2) is 36.4 Å². The quantitative estimate of drug-likeness (QED) is 0.762. The van der Waals surface area contributed by atoms with E-state index in [0.717, 1.165) is 11.6 Å². The normalized spacial score (nSPS) is 12.4. The molecule has 0 spiro atoms. The molecule has 1 unspecified atom stereocenters. The Labute approximate surface area is 129 Å². The standard InChI is InChI=1S/C15H13F3IN/c1-2-20-15(10-7-6-9(16)8-13(10)19)11-4-3-5-12(17)14(11)18/h3-8,15,20H,2H2,1H3. The Morgan fingerprint density at radius 1 is 1.10 bits per heavy atom. The predicted molar refractivity (Wildman–Crippen MR) is 81.0 cm³/mol. The molecule has 2 aromatic carbocycles. The molecule has 0 aliphatic rings. The lowest BCUT2D eigenvalue weighted by Crippen LogP contribution is -2.24. The minimum Gasteiger partial charge on any atom is -0.306 e. The third-order valence-electron chi connectivity index (χ3n) is 2.97. The van der Waals surface area contributed by atoms with Crippen LogP contribution in [0.4, 0.5) is 13.2 Å². The lowest BCUT2D eigenvalue weighted by molar-refractivity contribution is 0.482. The fourth-order valence-corrected chi connectivity index (χ4v) is 2.86. The van der Waals surface area contributed by atoms with Crippen LogP contribution in [0, 0.1) is 21.0 Å². The summed E-state index contributed by atoms with van der Waals surface area (Å²) in [6.07, 6.45) is 0. The molecule has 0 saturated carbocycles. The van der Waals surface area contributed by atoms with E-state index in [1.807, 2.05) is 29.5 Å². The molecule has 0 bridgehead atoms. The number of hydrogen-bond donors (Lipinski definition) is 1. The average molecular weight is 391 g/mol. The fraction of sp³-hybridized carbons (Fsp3) is 0.200. The first-order chi connectivity index (χ1) is 9.54. The van der Waals surface area contributed by atoms with E-state index in [4.69, 9.17) is 0 Å². The molecule has 0 aromatic heterocycles. The second-order valence-electron chi connectivity index (χ2n) is 4.30. The second-order valence-corrected chi connectivity index (χ2v) is 5.46. The topological polar surface area (TPSA) is 12.0 Å². The Kier molecular flexibility index (Phi) is 5.04. The molecule has 20 heavy (non-hydrogen) atoms. The monoisotopic (exact) mass is 391 g/mol. The molecule has 0 radical (unpaired) electrons. The molecule has 0 saturated heterocycles. The van der Waals surface area contributed by atoms with Gasteiger partial charge in [0.05, 0.1) is 6.04 Å². The van der Waals surface area contributed by atoms with Crippen molar-refractivity contribution >= 4 is 22.6 Å². The van der Waals surface area contributed by atoms with Gasteiger partial charge < -0.3 is 5.32 Å². The largest absolute Gasteiger partial charge is 0.306 e. The molecule has 0 heterocycles. The molecule has 5 heteroatoms. The molecule has 0 aliphatic carbocycles. The summed E-state index contributed by atoms with van der Waals surface area (Å²) in [5, 5.41) is 3.11. The van der Waals surface area contributed by atoms with Crippen molar-refractivity contribution in [3.05, 3.63) is 68.5 Å². The maximum Gasteiger partial charge on any atom is 0.163 e. The van der Waals surface area contributed by atoms with Gasteiger partial charge in [-0.15, -0.1) is 0 Å². The van der Waals surface area contributed by atoms with E-state index in [1.54, 1.807) is 6.07 Å². The lowest BCUT2D eigenvalue weighted by atomic mass is 9.98. The third-order valence-corrected chi connectivity index (χ3v) is 3.91. The van der Waals surface area contributed by atoms with Gasteiger partial charge in [0.15, 0.2) is 11.6 Å². The summed E-state index contributed by atoms with van der Waals surface area (Å²) >= 11 is 1.99. The lowest BCUT2D eigenvalue weighted by Gasteiger charge is -2.21. The zero-order valence-corrected chi connectivity index (χ0v) is 12.9. The van der Waals surface area contributed by atoms with Gasteiger partial charge in [0.1, 0.15) is 5.82 Å². The Morgan fingerprint density at radius 3 is 2.50 bits per heavy atom. The Balaban J connectivity index is 2.53. The van der Waals surface area contributed by atoms with Gasteiger partial charge in [0.25, 0.3) is 0 Å². The van der Waals surface area contributed by atoms with Gasteiger partial charge in [0.2, 0.25) is 0 Å². The van der Waals surface area contributed by atoms with Crippen LogP contribution in [0.2, 0.25) is 0 Å². The summed E-state index contributed by atoms with van der Waals surface area (Å²) in [6.45, 7) is 2.45. The molecule has 2 aromatic rings. The second kappa shape index (κ2) is 6.58. The summed E-state index contributed by atoms with van der Waals surface area (Å²) < 4.78 is 41.2. The average Bonchev–Trinajstić information content (AvgIpc) is 2.40. The van der Waals surface area contributed by atoms with E-state index in [1.165, 1.54) is 24.3 Å². The Bertz CT molecular complexity index is 616. The van der Waals surface area contributed by atoms with Crippen molar-refractivity contribution < 1.29 is 13.2 Å². The number of halogens is 4. The molecular formula is C15H13F3IN. The van der Waals surface area contributed by atoms with Gasteiger partial charge in [-0.25, -0.2) is 13.2 Å². The number of hydrogen-bond acceptors (Lipinski definition) is 1. The van der Waals surface area contributed by atoms with Crippen molar-refractivity contribution in [1.82, 2.24) is 5.32 Å². The molecule has 2 rings (SSSR count). The minimum atomic E-state index is -0.887. The van der Waals surface area contributed by atoms with E-state index in [0.29, 0.717) is 10.1 Å². The van der Waals surface area contributed by atoms with Crippen molar-refractivity contribution in [2.45, 2.75) is 13.0 Å². The van der Waals surface area contributed by atoms with Gasteiger partial charge in [-0.1, -0.05) is 25.1 Å². The molecule has 0 aliphatic heterocycles. The van der Waals surface area contributed by atoms with Crippen molar-refractivity contribution in [1.29, 1.82) is 0 Å². The van der Waals surface area contributed by atoms with E-state index in [-0.39, 0.29) is 11.4 Å². The summed E-state index contributed by atoms with van der Waals surface area (Å²) in [5.41, 5.74) is 0.940. The van der Waals surface area contributed by atoms with Crippen molar-refractivity contribution in [2.24, 2.45) is 0 Å². The first-order valence-corrected chi connectivity index (χ1v) is 7.24. The zero-order chi connectivity index (χ0) is 14.7. The van der Waals surface area contributed by atoms with Crippen LogP contribution in [0.5, 0.6) is 0 Å². The third kappa shape index (κ3) is 3.15. The maximum atomic E-state index is 14.0. The van der Waals surface area contributed by atoms with E-state index in [2.05, 4.69) is 5.32 Å². The summed E-state index contributed by atoms with van der Waals surface area (Å²) in [7, 11) is 0. The van der Waals surface area contributed by atoms with Crippen LogP contribution < -0.4 is 5.32 Å². The van der Waals surface area contributed by atoms with Crippen LogP contribution in [-0.4, -0.2) is 6.54 Å². The number of nitrogens with one attached hydrogen (secondary N) is 1. The summed E-state index contributed by atoms with van der Waals surface area (Å²) in [6, 6.07) is 7.85. The van der Waals surface area contributed by atoms with Crippen LogP contribution in [0.1, 0.15) is 24.1 Å². The van der Waals surface area contributed by atoms with Gasteiger partial charge in [-0.3, -0.25) is 0 Å². The molecule has 1 N–H and O–H groups in total. The van der Waals surface area contributed by atoms with Crippen molar-refractivity contribution in [3.8, 4) is 0 Å². The SMILES string of the molecule is CCNC(c1ccc(F)cc1I)c1cccc(F)c1F. The number of rotatable bonds is 4. The van der Waals surface area contributed by atoms with Gasteiger partial charge >= 0.3 is 0 Å². The fourth-order valence-electron chi connectivity index (χ4n) is 2.07. The highest BCUT2D eigenvalue weighted by Crippen LogP contribution is 2.29. The highest BCUT2D eigenvalue weighted by molar-refractivity contribution is 14.1. The Hall–Kier alpha value is -1.08. The summed E-state index contributed by atoms with van der Waals surface area (Å²) in [4.78, 5) is 0. The van der Waals surface area contributed by atoms with E-state index < -0.39 is 17.7 Å². The van der Waals surface area contributed by atoms with Crippen molar-refractivity contribution in [3.63, 3.8) is 0 Å². The van der Waals surface area contributed by atoms with Crippen LogP contribution in [0.25, 0.3) is 0 Å². The van der Waals surface area contributed by atoms with Gasteiger partial charge in [-0.2, -0.15) is 0 Å². The van der Waals surface area contributed by atoms with E-state index in [9.17, 15) is 13.2 Å². The summed E-state index contributed by atoms with van der Waals surface area (Å²) in [5.74, 6) is -2.12. The van der Waals surface area contributed by atoms with Crippen molar-refractivity contribution in [2.75, 3.05) is 6.54 Å². The maximum absolute atomic E-state index is 14.0. The molecule has 1 nitrogen and oxygen atoms in total. The molecule has 0 amide bonds. The number of benzene rings is 2. The molecule has 0 fully saturated rings. The predicted octanol–water partition coefficient (Wildman–Crippen LogP) is 4.41. The van der Waals surface area contributed by atoms with E-state index >= 15 is 0 Å². The van der Waals surface area contributed by atoms with Gasteiger partial charge in [0, 0.05) is 9.13 Å². The van der Waals surface area contributed by atoms with Crippen LogP contribution >= 0.6 is 22.6 Å². The highest BCUT2D eigenvalue weighted by atomic mass is 127.